The summed E-state index contributed by atoms with van der Waals surface area (Å²) >= 11 is 0. The van der Waals surface area contributed by atoms with Crippen molar-refractivity contribution in [2.24, 2.45) is 0 Å². The first-order chi connectivity index (χ1) is 7.29. The average molecular weight is 230 g/mol. The standard InChI is InChI=1S/C8H14N4O2S/c1-9-6-7-10-11-8(14-7)12-2-4-15(13)5-3-12/h9H,2-6H2,1H3. The maximum atomic E-state index is 11.2. The Morgan fingerprint density at radius 2 is 2.20 bits per heavy atom. The summed E-state index contributed by atoms with van der Waals surface area (Å²) in [6.07, 6.45) is 0. The quantitative estimate of drug-likeness (QED) is 0.744. The van der Waals surface area contributed by atoms with Crippen LogP contribution in [-0.4, -0.2) is 46.0 Å². The summed E-state index contributed by atoms with van der Waals surface area (Å²) in [5.74, 6) is 1.95. The van der Waals surface area contributed by atoms with E-state index in [0.717, 1.165) is 13.1 Å². The molecule has 2 rings (SSSR count). The molecule has 0 bridgehead atoms. The highest BCUT2D eigenvalue weighted by Crippen LogP contribution is 2.14. The molecule has 15 heavy (non-hydrogen) atoms. The predicted octanol–water partition coefficient (Wildman–Crippen LogP) is -0.642. The van der Waals surface area contributed by atoms with Crippen molar-refractivity contribution in [2.75, 3.05) is 36.5 Å². The van der Waals surface area contributed by atoms with E-state index in [0.29, 0.717) is 30.0 Å². The Hall–Kier alpha value is -0.950. The Morgan fingerprint density at radius 1 is 1.47 bits per heavy atom. The molecule has 1 aliphatic rings. The molecule has 7 heteroatoms. The Balaban J connectivity index is 1.99. The smallest absolute Gasteiger partial charge is 0.318 e. The molecule has 0 aromatic carbocycles. The van der Waals surface area contributed by atoms with Gasteiger partial charge in [-0.2, -0.15) is 0 Å². The van der Waals surface area contributed by atoms with Gasteiger partial charge in [-0.3, -0.25) is 4.21 Å². The molecule has 1 fully saturated rings. The van der Waals surface area contributed by atoms with Gasteiger partial charge in [0.1, 0.15) is 0 Å². The third-order valence-electron chi connectivity index (χ3n) is 2.23. The molecule has 1 aromatic heterocycles. The molecule has 6 nitrogen and oxygen atoms in total. The first-order valence-electron chi connectivity index (χ1n) is 4.86. The highest BCUT2D eigenvalue weighted by Gasteiger charge is 2.19. The molecule has 2 heterocycles. The van der Waals surface area contributed by atoms with E-state index in [2.05, 4.69) is 15.5 Å². The van der Waals surface area contributed by atoms with Crippen LogP contribution in [0.1, 0.15) is 5.89 Å². The van der Waals surface area contributed by atoms with Crippen LogP contribution in [0.2, 0.25) is 0 Å². The van der Waals surface area contributed by atoms with E-state index in [-0.39, 0.29) is 0 Å². The number of aromatic nitrogens is 2. The summed E-state index contributed by atoms with van der Waals surface area (Å²) in [4.78, 5) is 1.98. The van der Waals surface area contributed by atoms with Crippen LogP contribution >= 0.6 is 0 Å². The van der Waals surface area contributed by atoms with E-state index in [1.165, 1.54) is 0 Å². The summed E-state index contributed by atoms with van der Waals surface area (Å²) in [5, 5.41) is 10.8. The average Bonchev–Trinajstić information content (AvgIpc) is 2.68. The normalized spacial score (nSPS) is 18.3. The molecule has 1 aliphatic heterocycles. The molecule has 0 atom stereocenters. The van der Waals surface area contributed by atoms with Crippen molar-refractivity contribution in [2.45, 2.75) is 6.54 Å². The lowest BCUT2D eigenvalue weighted by Crippen LogP contribution is -2.37. The van der Waals surface area contributed by atoms with Gasteiger partial charge in [0.25, 0.3) is 0 Å². The number of hydrogen-bond donors (Lipinski definition) is 1. The minimum absolute atomic E-state index is 0.539. The summed E-state index contributed by atoms with van der Waals surface area (Å²) in [5.41, 5.74) is 0. The number of hydrogen-bond acceptors (Lipinski definition) is 6. The van der Waals surface area contributed by atoms with E-state index in [1.807, 2.05) is 11.9 Å². The fraction of sp³-hybridized carbons (Fsp3) is 0.750. The molecular formula is C8H14N4O2S. The Bertz CT molecular complexity index is 344. The van der Waals surface area contributed by atoms with Gasteiger partial charge in [-0.15, -0.1) is 5.10 Å². The van der Waals surface area contributed by atoms with Gasteiger partial charge in [0.2, 0.25) is 5.89 Å². The second kappa shape index (κ2) is 4.71. The molecule has 0 saturated carbocycles. The molecule has 0 radical (unpaired) electrons. The van der Waals surface area contributed by atoms with Crippen LogP contribution in [0.5, 0.6) is 0 Å². The van der Waals surface area contributed by atoms with E-state index in [4.69, 9.17) is 4.42 Å². The molecule has 84 valence electrons. The van der Waals surface area contributed by atoms with Gasteiger partial charge in [0, 0.05) is 35.4 Å². The number of anilines is 1. The maximum Gasteiger partial charge on any atom is 0.318 e. The van der Waals surface area contributed by atoms with Crippen molar-refractivity contribution in [3.8, 4) is 0 Å². The van der Waals surface area contributed by atoms with Gasteiger partial charge in [-0.25, -0.2) is 0 Å². The van der Waals surface area contributed by atoms with E-state index >= 15 is 0 Å². The SMILES string of the molecule is CNCc1nnc(N2CCS(=O)CC2)o1. The minimum atomic E-state index is -0.675. The Morgan fingerprint density at radius 3 is 2.87 bits per heavy atom. The number of rotatable bonds is 3. The summed E-state index contributed by atoms with van der Waals surface area (Å²) < 4.78 is 16.6. The van der Waals surface area contributed by atoms with Crippen LogP contribution < -0.4 is 10.2 Å². The molecule has 1 saturated heterocycles. The highest BCUT2D eigenvalue weighted by atomic mass is 32.2. The number of nitrogens with one attached hydrogen (secondary N) is 1. The maximum absolute atomic E-state index is 11.2. The Labute approximate surface area is 90.5 Å². The first kappa shape index (κ1) is 10.6. The topological polar surface area (TPSA) is 71.3 Å². The third-order valence-corrected chi connectivity index (χ3v) is 3.51. The van der Waals surface area contributed by atoms with Crippen LogP contribution in [-0.2, 0) is 17.3 Å². The van der Waals surface area contributed by atoms with Gasteiger partial charge in [-0.05, 0) is 7.05 Å². The van der Waals surface area contributed by atoms with Crippen molar-refractivity contribution in [3.63, 3.8) is 0 Å². The lowest BCUT2D eigenvalue weighted by Gasteiger charge is -2.23. The zero-order chi connectivity index (χ0) is 10.7. The molecular weight excluding hydrogens is 216 g/mol. The molecule has 0 aliphatic carbocycles. The zero-order valence-corrected chi connectivity index (χ0v) is 9.42. The van der Waals surface area contributed by atoms with Gasteiger partial charge >= 0.3 is 6.01 Å². The van der Waals surface area contributed by atoms with E-state index < -0.39 is 10.8 Å². The third kappa shape index (κ3) is 2.54. The first-order valence-corrected chi connectivity index (χ1v) is 6.35. The molecule has 1 aromatic rings. The van der Waals surface area contributed by atoms with Gasteiger partial charge in [0.15, 0.2) is 0 Å². The minimum Gasteiger partial charge on any atom is -0.407 e. The molecule has 0 spiro atoms. The molecule has 0 amide bonds. The van der Waals surface area contributed by atoms with Crippen molar-refractivity contribution in [3.05, 3.63) is 5.89 Å². The van der Waals surface area contributed by atoms with Gasteiger partial charge < -0.3 is 14.6 Å². The second-order valence-corrected chi connectivity index (χ2v) is 5.04. The summed E-state index contributed by atoms with van der Waals surface area (Å²) in [6.45, 7) is 2.04. The van der Waals surface area contributed by atoms with E-state index in [9.17, 15) is 4.21 Å². The summed E-state index contributed by atoms with van der Waals surface area (Å²) in [6, 6.07) is 0.539. The largest absolute Gasteiger partial charge is 0.407 e. The second-order valence-electron chi connectivity index (χ2n) is 3.34. The van der Waals surface area contributed by atoms with Crippen LogP contribution in [0.3, 0.4) is 0 Å². The van der Waals surface area contributed by atoms with Gasteiger partial charge in [-0.1, -0.05) is 5.10 Å². The van der Waals surface area contributed by atoms with Gasteiger partial charge in [0.05, 0.1) is 6.54 Å². The van der Waals surface area contributed by atoms with Crippen molar-refractivity contribution in [1.82, 2.24) is 15.5 Å². The van der Waals surface area contributed by atoms with Crippen molar-refractivity contribution < 1.29 is 8.63 Å². The Kier molecular flexibility index (Phi) is 3.32. The van der Waals surface area contributed by atoms with Crippen LogP contribution in [0.25, 0.3) is 0 Å². The molecule has 0 unspecified atom stereocenters. The predicted molar refractivity (Wildman–Crippen MR) is 57.2 cm³/mol. The lowest BCUT2D eigenvalue weighted by atomic mass is 10.5. The van der Waals surface area contributed by atoms with E-state index in [1.54, 1.807) is 0 Å². The monoisotopic (exact) mass is 230 g/mol. The van der Waals surface area contributed by atoms with Crippen molar-refractivity contribution >= 4 is 16.8 Å². The highest BCUT2D eigenvalue weighted by molar-refractivity contribution is 7.85. The molecule has 1 N–H and O–H groups in total. The zero-order valence-electron chi connectivity index (χ0n) is 8.60. The fourth-order valence-corrected chi connectivity index (χ4v) is 2.48. The number of nitrogens with zero attached hydrogens (tertiary/aromatic N) is 3. The fourth-order valence-electron chi connectivity index (χ4n) is 1.42. The summed E-state index contributed by atoms with van der Waals surface area (Å²) in [7, 11) is 1.15. The lowest BCUT2D eigenvalue weighted by molar-refractivity contribution is 0.472. The van der Waals surface area contributed by atoms with Crippen molar-refractivity contribution in [1.29, 1.82) is 0 Å². The van der Waals surface area contributed by atoms with Crippen LogP contribution in [0, 0.1) is 0 Å². The van der Waals surface area contributed by atoms with Crippen LogP contribution in [0.4, 0.5) is 6.01 Å². The van der Waals surface area contributed by atoms with Crippen LogP contribution in [0.15, 0.2) is 4.42 Å².